The highest BCUT2D eigenvalue weighted by Gasteiger charge is 2.38. The molecule has 1 aromatic rings. The summed E-state index contributed by atoms with van der Waals surface area (Å²) >= 11 is 9.79. The van der Waals surface area contributed by atoms with Gasteiger partial charge in [0.25, 0.3) is 0 Å². The molecule has 0 bridgehead atoms. The largest absolute Gasteiger partial charge is 0.417 e. The van der Waals surface area contributed by atoms with E-state index in [1.54, 1.807) is 0 Å². The molecule has 0 unspecified atom stereocenters. The van der Waals surface area contributed by atoms with Gasteiger partial charge >= 0.3 is 11.6 Å². The first-order valence-corrected chi connectivity index (χ1v) is 4.32. The lowest BCUT2D eigenvalue weighted by Crippen LogP contribution is -2.11. The van der Waals surface area contributed by atoms with Gasteiger partial charge in [-0.15, -0.1) is 0 Å². The zero-order chi connectivity index (χ0) is 11.9. The first-order valence-electron chi connectivity index (χ1n) is 3.57. The SMILES string of the molecule is FC(F)(F)c1cccc(C(F)(F)Cl)c1Cl. The lowest BCUT2D eigenvalue weighted by Gasteiger charge is -2.14. The summed E-state index contributed by atoms with van der Waals surface area (Å²) in [5.74, 6) is 0. The average molecular weight is 265 g/mol. The third-order valence-electron chi connectivity index (χ3n) is 1.61. The fraction of sp³-hybridized carbons (Fsp3) is 0.250. The van der Waals surface area contributed by atoms with Crippen molar-refractivity contribution in [2.24, 2.45) is 0 Å². The maximum absolute atomic E-state index is 12.6. The zero-order valence-corrected chi connectivity index (χ0v) is 8.39. The molecule has 0 radical (unpaired) electrons. The summed E-state index contributed by atoms with van der Waals surface area (Å²) in [4.78, 5) is 0. The molecule has 0 atom stereocenters. The van der Waals surface area contributed by atoms with Gasteiger partial charge in [0.2, 0.25) is 0 Å². The molecule has 7 heteroatoms. The van der Waals surface area contributed by atoms with E-state index in [1.807, 2.05) is 0 Å². The number of benzene rings is 1. The van der Waals surface area contributed by atoms with E-state index < -0.39 is 27.7 Å². The fourth-order valence-corrected chi connectivity index (χ4v) is 1.53. The van der Waals surface area contributed by atoms with Gasteiger partial charge in [-0.05, 0) is 17.7 Å². The van der Waals surface area contributed by atoms with Crippen molar-refractivity contribution in [3.63, 3.8) is 0 Å². The Morgan fingerprint density at radius 1 is 0.933 bits per heavy atom. The lowest BCUT2D eigenvalue weighted by atomic mass is 10.1. The zero-order valence-electron chi connectivity index (χ0n) is 6.88. The summed E-state index contributed by atoms with van der Waals surface area (Å²) in [7, 11) is 0. The minimum atomic E-state index is -4.78. The molecule has 0 fully saturated rings. The average Bonchev–Trinajstić information content (AvgIpc) is 1.99. The van der Waals surface area contributed by atoms with Gasteiger partial charge in [-0.2, -0.15) is 22.0 Å². The standard InChI is InChI=1S/C8H3Cl2F5/c9-6-4(7(10,11)12)2-1-3-5(6)8(13,14)15/h1-3H. The normalized spacial score (nSPS) is 13.0. The number of hydrogen-bond acceptors (Lipinski definition) is 0. The highest BCUT2D eigenvalue weighted by Crippen LogP contribution is 2.42. The van der Waals surface area contributed by atoms with Crippen LogP contribution in [0.3, 0.4) is 0 Å². The summed E-state index contributed by atoms with van der Waals surface area (Å²) in [6.07, 6.45) is -4.78. The van der Waals surface area contributed by atoms with Crippen LogP contribution >= 0.6 is 23.2 Å². The van der Waals surface area contributed by atoms with E-state index in [0.29, 0.717) is 6.07 Å². The third kappa shape index (κ3) is 2.72. The Morgan fingerprint density at radius 2 is 1.40 bits per heavy atom. The van der Waals surface area contributed by atoms with E-state index in [-0.39, 0.29) is 0 Å². The van der Waals surface area contributed by atoms with Crippen LogP contribution in [-0.2, 0) is 11.6 Å². The highest BCUT2D eigenvalue weighted by atomic mass is 35.5. The second-order valence-corrected chi connectivity index (χ2v) is 3.52. The van der Waals surface area contributed by atoms with Crippen LogP contribution in [0, 0.1) is 0 Å². The van der Waals surface area contributed by atoms with Gasteiger partial charge in [-0.25, -0.2) is 0 Å². The topological polar surface area (TPSA) is 0 Å². The van der Waals surface area contributed by atoms with Crippen molar-refractivity contribution in [3.05, 3.63) is 34.3 Å². The Labute approximate surface area is 91.6 Å². The molecule has 0 amide bonds. The van der Waals surface area contributed by atoms with E-state index in [0.717, 1.165) is 12.1 Å². The fourth-order valence-electron chi connectivity index (χ4n) is 0.970. The van der Waals surface area contributed by atoms with Crippen molar-refractivity contribution in [2.75, 3.05) is 0 Å². The van der Waals surface area contributed by atoms with Gasteiger partial charge in [0, 0.05) is 0 Å². The Kier molecular flexibility index (Phi) is 3.16. The number of alkyl halides is 6. The Hall–Kier alpha value is -0.550. The summed E-state index contributed by atoms with van der Waals surface area (Å²) in [5.41, 5.74) is -2.39. The molecule has 0 aliphatic carbocycles. The first kappa shape index (κ1) is 12.5. The molecule has 0 saturated heterocycles. The van der Waals surface area contributed by atoms with E-state index in [1.165, 1.54) is 0 Å². The molecule has 0 N–H and O–H groups in total. The molecule has 0 nitrogen and oxygen atoms in total. The van der Waals surface area contributed by atoms with E-state index in [9.17, 15) is 22.0 Å². The maximum Gasteiger partial charge on any atom is 0.417 e. The van der Waals surface area contributed by atoms with Crippen molar-refractivity contribution < 1.29 is 22.0 Å². The van der Waals surface area contributed by atoms with E-state index in [4.69, 9.17) is 11.6 Å². The minimum absolute atomic E-state index is 0.606. The minimum Gasteiger partial charge on any atom is -0.183 e. The molecule has 0 saturated carbocycles. The predicted octanol–water partition coefficient (Wildman–Crippen LogP) is 4.65. The van der Waals surface area contributed by atoms with E-state index >= 15 is 0 Å². The van der Waals surface area contributed by atoms with Gasteiger partial charge < -0.3 is 0 Å². The van der Waals surface area contributed by atoms with Crippen molar-refractivity contribution in [1.82, 2.24) is 0 Å². The van der Waals surface area contributed by atoms with Crippen molar-refractivity contribution in [1.29, 1.82) is 0 Å². The quantitative estimate of drug-likeness (QED) is 0.512. The van der Waals surface area contributed by atoms with E-state index in [2.05, 4.69) is 11.6 Å². The van der Waals surface area contributed by atoms with Crippen LogP contribution in [0.4, 0.5) is 22.0 Å². The van der Waals surface area contributed by atoms with Crippen molar-refractivity contribution >= 4 is 23.2 Å². The van der Waals surface area contributed by atoms with Gasteiger partial charge in [0.05, 0.1) is 16.1 Å². The monoisotopic (exact) mass is 264 g/mol. The maximum atomic E-state index is 12.6. The molecule has 0 aromatic heterocycles. The molecule has 15 heavy (non-hydrogen) atoms. The van der Waals surface area contributed by atoms with Crippen LogP contribution in [0.1, 0.15) is 11.1 Å². The van der Waals surface area contributed by atoms with Gasteiger partial charge in [-0.3, -0.25) is 0 Å². The van der Waals surface area contributed by atoms with Crippen LogP contribution in [0.15, 0.2) is 18.2 Å². The van der Waals surface area contributed by atoms with Crippen molar-refractivity contribution in [3.8, 4) is 0 Å². The lowest BCUT2D eigenvalue weighted by molar-refractivity contribution is -0.137. The predicted molar refractivity (Wildman–Crippen MR) is 46.2 cm³/mol. The smallest absolute Gasteiger partial charge is 0.183 e. The number of halogens is 7. The summed E-state index contributed by atoms with van der Waals surface area (Å²) in [6.45, 7) is 0. The molecule has 84 valence electrons. The number of rotatable bonds is 1. The van der Waals surface area contributed by atoms with Crippen LogP contribution < -0.4 is 0 Å². The summed E-state index contributed by atoms with van der Waals surface area (Å²) in [5, 5.41) is -5.00. The Morgan fingerprint density at radius 3 is 1.80 bits per heavy atom. The molecule has 0 heterocycles. The van der Waals surface area contributed by atoms with Crippen LogP contribution in [0.5, 0.6) is 0 Å². The van der Waals surface area contributed by atoms with Crippen molar-refractivity contribution in [2.45, 2.75) is 11.6 Å². The summed E-state index contributed by atoms with van der Waals surface area (Å²) in [6, 6.07) is 2.17. The van der Waals surface area contributed by atoms with Crippen LogP contribution in [0.25, 0.3) is 0 Å². The van der Waals surface area contributed by atoms with Gasteiger partial charge in [0.1, 0.15) is 0 Å². The summed E-state index contributed by atoms with van der Waals surface area (Å²) < 4.78 is 61.9. The molecule has 0 aliphatic rings. The third-order valence-corrected chi connectivity index (χ3v) is 2.22. The Balaban J connectivity index is 3.37. The second kappa shape index (κ2) is 3.79. The first-order chi connectivity index (χ1) is 6.64. The molecule has 1 aromatic carbocycles. The van der Waals surface area contributed by atoms with Gasteiger partial charge in [0.15, 0.2) is 0 Å². The number of hydrogen-bond donors (Lipinski definition) is 0. The van der Waals surface area contributed by atoms with Crippen LogP contribution in [-0.4, -0.2) is 0 Å². The van der Waals surface area contributed by atoms with Crippen LogP contribution in [0.2, 0.25) is 5.02 Å². The molecule has 0 aliphatic heterocycles. The second-order valence-electron chi connectivity index (χ2n) is 2.66. The molecular formula is C8H3Cl2F5. The van der Waals surface area contributed by atoms with Gasteiger partial charge in [-0.1, -0.05) is 23.7 Å². The highest BCUT2D eigenvalue weighted by molar-refractivity contribution is 6.33. The Bertz CT molecular complexity index is 334. The molecule has 0 spiro atoms. The molecular weight excluding hydrogens is 262 g/mol. The molecule has 1 rings (SSSR count).